The number of amides is 1. The number of carbonyl (C=O) groups is 1. The monoisotopic (exact) mass is 456 g/mol. The minimum atomic E-state index is -0.378. The Morgan fingerprint density at radius 2 is 1.79 bits per heavy atom. The molecule has 1 aliphatic heterocycles. The smallest absolute Gasteiger partial charge is 0.231 e. The number of primary amides is 1. The van der Waals surface area contributed by atoms with Crippen LogP contribution in [0.3, 0.4) is 0 Å². The van der Waals surface area contributed by atoms with Crippen LogP contribution < -0.4 is 16.0 Å². The van der Waals surface area contributed by atoms with E-state index in [1.807, 2.05) is 59.5 Å². The van der Waals surface area contributed by atoms with Crippen molar-refractivity contribution in [1.82, 2.24) is 14.9 Å². The van der Waals surface area contributed by atoms with Gasteiger partial charge in [0.25, 0.3) is 0 Å². The first-order chi connectivity index (χ1) is 16.6. The molecule has 0 radical (unpaired) electrons. The highest BCUT2D eigenvalue weighted by molar-refractivity contribution is 5.93. The van der Waals surface area contributed by atoms with Crippen LogP contribution in [0.5, 0.6) is 0 Å². The second-order valence-corrected chi connectivity index (χ2v) is 8.32. The largest absolute Gasteiger partial charge is 0.369 e. The van der Waals surface area contributed by atoms with E-state index in [4.69, 9.17) is 5.73 Å². The molecule has 7 nitrogen and oxygen atoms in total. The van der Waals surface area contributed by atoms with Gasteiger partial charge in [0.05, 0.1) is 17.7 Å². The molecule has 1 fully saturated rings. The molecule has 3 N–H and O–H groups in total. The molecule has 0 atom stereocenters. The van der Waals surface area contributed by atoms with Gasteiger partial charge in [0.15, 0.2) is 0 Å². The summed E-state index contributed by atoms with van der Waals surface area (Å²) < 4.78 is 15.0. The molecule has 2 heterocycles. The predicted molar refractivity (Wildman–Crippen MR) is 133 cm³/mol. The van der Waals surface area contributed by atoms with Crippen molar-refractivity contribution in [3.8, 4) is 11.1 Å². The lowest BCUT2D eigenvalue weighted by atomic mass is 10.0. The second kappa shape index (κ2) is 9.44. The number of nitrogens with one attached hydrogen (secondary N) is 1. The lowest BCUT2D eigenvalue weighted by Crippen LogP contribution is -2.48. The van der Waals surface area contributed by atoms with E-state index >= 15 is 0 Å². The Labute approximate surface area is 197 Å². The van der Waals surface area contributed by atoms with Gasteiger partial charge in [-0.2, -0.15) is 0 Å². The summed E-state index contributed by atoms with van der Waals surface area (Å²) in [6.45, 7) is 3.08. The molecule has 0 aliphatic carbocycles. The van der Waals surface area contributed by atoms with E-state index in [9.17, 15) is 9.18 Å². The zero-order valence-corrected chi connectivity index (χ0v) is 18.6. The van der Waals surface area contributed by atoms with Gasteiger partial charge in [-0.3, -0.25) is 9.69 Å². The highest BCUT2D eigenvalue weighted by Crippen LogP contribution is 2.29. The highest BCUT2D eigenvalue weighted by atomic mass is 19.1. The van der Waals surface area contributed by atoms with Gasteiger partial charge >= 0.3 is 0 Å². The fraction of sp³-hybridized carbons (Fsp3) is 0.192. The van der Waals surface area contributed by atoms with E-state index in [0.717, 1.165) is 27.7 Å². The van der Waals surface area contributed by atoms with Gasteiger partial charge in [-0.05, 0) is 23.8 Å². The van der Waals surface area contributed by atoms with Crippen LogP contribution in [0.25, 0.3) is 22.0 Å². The van der Waals surface area contributed by atoms with Gasteiger partial charge in [0.2, 0.25) is 11.9 Å². The van der Waals surface area contributed by atoms with Gasteiger partial charge < -0.3 is 16.0 Å². The summed E-state index contributed by atoms with van der Waals surface area (Å²) in [5.74, 6) is -0.374. The number of fused-ring (bicyclic) bond motifs is 1. The molecule has 4 aromatic rings. The summed E-state index contributed by atoms with van der Waals surface area (Å²) in [5.41, 5.74) is 9.25. The summed E-state index contributed by atoms with van der Waals surface area (Å²) in [5, 5.41) is 3.94. The average molecular weight is 457 g/mol. The van der Waals surface area contributed by atoms with E-state index in [1.165, 1.54) is 6.07 Å². The van der Waals surface area contributed by atoms with E-state index in [1.54, 1.807) is 12.3 Å². The zero-order chi connectivity index (χ0) is 23.5. The lowest BCUT2D eigenvalue weighted by molar-refractivity contribution is -0.119. The van der Waals surface area contributed by atoms with E-state index < -0.39 is 0 Å². The Bertz CT molecular complexity index is 1320. The third-order valence-corrected chi connectivity index (χ3v) is 6.01. The third-order valence-electron chi connectivity index (χ3n) is 6.01. The zero-order valence-electron chi connectivity index (χ0n) is 18.6. The molecule has 1 amide bonds. The van der Waals surface area contributed by atoms with Crippen molar-refractivity contribution < 1.29 is 9.18 Å². The van der Waals surface area contributed by atoms with E-state index in [-0.39, 0.29) is 18.3 Å². The van der Waals surface area contributed by atoms with E-state index in [2.05, 4.69) is 20.2 Å². The number of hydrogen-bond donors (Lipinski definition) is 2. The van der Waals surface area contributed by atoms with Gasteiger partial charge in [-0.1, -0.05) is 48.5 Å². The van der Waals surface area contributed by atoms with Crippen LogP contribution in [0.15, 0.2) is 72.9 Å². The quantitative estimate of drug-likeness (QED) is 0.459. The highest BCUT2D eigenvalue weighted by Gasteiger charge is 2.19. The number of rotatable bonds is 6. The Morgan fingerprint density at radius 3 is 2.53 bits per heavy atom. The van der Waals surface area contributed by atoms with Crippen LogP contribution >= 0.6 is 0 Å². The number of anilines is 3. The molecule has 0 saturated carbocycles. The number of nitrogens with zero attached hydrogens (tertiary/aromatic N) is 4. The van der Waals surface area contributed by atoms with Gasteiger partial charge in [0, 0.05) is 49.0 Å². The molecular formula is C26H25FN6O. The van der Waals surface area contributed by atoms with Crippen LogP contribution in [0, 0.1) is 5.82 Å². The fourth-order valence-corrected chi connectivity index (χ4v) is 4.27. The summed E-state index contributed by atoms with van der Waals surface area (Å²) in [6.07, 6.45) is 1.74. The standard InChI is InChI=1S/C26H25FN6O/c27-22-15-20(33-13-11-32(12-14-33)17-24(28)34)9-10-23(22)30-26-29-16-19-7-4-8-21(25(19)31-26)18-5-2-1-3-6-18/h1-10,15-16H,11-14,17H2,(H2,28,34)(H,29,30,31). The molecule has 0 bridgehead atoms. The van der Waals surface area contributed by atoms with E-state index in [0.29, 0.717) is 37.8 Å². The van der Waals surface area contributed by atoms with Gasteiger partial charge in [-0.25, -0.2) is 14.4 Å². The maximum absolute atomic E-state index is 15.0. The first-order valence-electron chi connectivity index (χ1n) is 11.2. The van der Waals surface area contributed by atoms with Crippen LogP contribution in [-0.2, 0) is 4.79 Å². The third kappa shape index (κ3) is 4.67. The minimum Gasteiger partial charge on any atom is -0.369 e. The molecule has 172 valence electrons. The first kappa shape index (κ1) is 21.8. The molecule has 8 heteroatoms. The summed E-state index contributed by atoms with van der Waals surface area (Å²) in [4.78, 5) is 24.3. The number of carbonyl (C=O) groups excluding carboxylic acids is 1. The van der Waals surface area contributed by atoms with Crippen LogP contribution in [0.2, 0.25) is 0 Å². The molecule has 1 aromatic heterocycles. The Balaban J connectivity index is 1.35. The molecule has 1 aliphatic rings. The molecule has 5 rings (SSSR count). The fourth-order valence-electron chi connectivity index (χ4n) is 4.27. The predicted octanol–water partition coefficient (Wildman–Crippen LogP) is 3.79. The first-order valence-corrected chi connectivity index (χ1v) is 11.2. The summed E-state index contributed by atoms with van der Waals surface area (Å²) in [7, 11) is 0. The number of hydrogen-bond acceptors (Lipinski definition) is 6. The SMILES string of the molecule is NC(=O)CN1CCN(c2ccc(Nc3ncc4cccc(-c5ccccc5)c4n3)c(F)c2)CC1. The Kier molecular flexibility index (Phi) is 6.05. The number of benzene rings is 3. The van der Waals surface area contributed by atoms with Crippen molar-refractivity contribution in [2.45, 2.75) is 0 Å². The number of piperazine rings is 1. The summed E-state index contributed by atoms with van der Waals surface area (Å²) >= 11 is 0. The molecule has 1 saturated heterocycles. The Hall–Kier alpha value is -4.04. The summed E-state index contributed by atoms with van der Waals surface area (Å²) in [6, 6.07) is 21.1. The van der Waals surface area contributed by atoms with Crippen molar-refractivity contribution in [3.63, 3.8) is 0 Å². The van der Waals surface area contributed by atoms with Crippen LogP contribution in [0.4, 0.5) is 21.7 Å². The number of halogens is 1. The van der Waals surface area contributed by atoms with Crippen LogP contribution in [0.1, 0.15) is 0 Å². The number of aromatic nitrogens is 2. The minimum absolute atomic E-state index is 0.253. The van der Waals surface area contributed by atoms with Crippen molar-refractivity contribution >= 4 is 34.1 Å². The number of para-hydroxylation sites is 1. The second-order valence-electron chi connectivity index (χ2n) is 8.32. The molecule has 0 spiro atoms. The van der Waals surface area contributed by atoms with Crippen molar-refractivity contribution in [3.05, 3.63) is 78.7 Å². The molecule has 0 unspecified atom stereocenters. The van der Waals surface area contributed by atoms with Gasteiger partial charge in [0.1, 0.15) is 5.82 Å². The maximum Gasteiger partial charge on any atom is 0.231 e. The topological polar surface area (TPSA) is 87.4 Å². The average Bonchev–Trinajstić information content (AvgIpc) is 2.85. The Morgan fingerprint density at radius 1 is 1.00 bits per heavy atom. The number of nitrogens with two attached hydrogens (primary N) is 1. The van der Waals surface area contributed by atoms with Crippen molar-refractivity contribution in [2.24, 2.45) is 5.73 Å². The van der Waals surface area contributed by atoms with Crippen molar-refractivity contribution in [2.75, 3.05) is 42.9 Å². The van der Waals surface area contributed by atoms with Gasteiger partial charge in [-0.15, -0.1) is 0 Å². The molecule has 3 aromatic carbocycles. The normalized spacial score (nSPS) is 14.3. The lowest BCUT2D eigenvalue weighted by Gasteiger charge is -2.35. The van der Waals surface area contributed by atoms with Crippen molar-refractivity contribution in [1.29, 1.82) is 0 Å². The van der Waals surface area contributed by atoms with Crippen LogP contribution in [-0.4, -0.2) is 53.5 Å². The maximum atomic E-state index is 15.0. The molecular weight excluding hydrogens is 431 g/mol. The molecule has 34 heavy (non-hydrogen) atoms.